The van der Waals surface area contributed by atoms with Crippen LogP contribution in [0.4, 0.5) is 0 Å². The van der Waals surface area contributed by atoms with Gasteiger partial charge in [-0.05, 0) is 69.4 Å². The molecule has 1 heteroatoms. The van der Waals surface area contributed by atoms with Gasteiger partial charge in [-0.25, -0.2) is 0 Å². The van der Waals surface area contributed by atoms with Gasteiger partial charge in [0, 0.05) is 17.8 Å². The van der Waals surface area contributed by atoms with Gasteiger partial charge in [0.1, 0.15) is 0 Å². The fourth-order valence-corrected chi connectivity index (χ4v) is 4.38. The third-order valence-electron chi connectivity index (χ3n) is 6.04. The first-order valence-corrected chi connectivity index (χ1v) is 8.17. The molecule has 2 aliphatic carbocycles. The van der Waals surface area contributed by atoms with Crippen LogP contribution < -0.4 is 0 Å². The normalized spacial score (nSPS) is 39.3. The minimum atomic E-state index is 0.316. The number of hydrogen-bond donors (Lipinski definition) is 0. The van der Waals surface area contributed by atoms with Crippen LogP contribution in [0.3, 0.4) is 0 Å². The highest BCUT2D eigenvalue weighted by atomic mass is 15.2. The van der Waals surface area contributed by atoms with Crippen molar-refractivity contribution < 1.29 is 0 Å². The zero-order chi connectivity index (χ0) is 14.7. The van der Waals surface area contributed by atoms with Gasteiger partial charge >= 0.3 is 0 Å². The van der Waals surface area contributed by atoms with E-state index in [2.05, 4.69) is 64.7 Å². The third kappa shape index (κ3) is 2.06. The molecule has 0 radical (unpaired) electrons. The van der Waals surface area contributed by atoms with E-state index in [0.29, 0.717) is 11.5 Å². The number of likely N-dealkylation sites (tertiary alicyclic amines) is 1. The van der Waals surface area contributed by atoms with E-state index in [4.69, 9.17) is 0 Å². The van der Waals surface area contributed by atoms with Crippen molar-refractivity contribution in [2.24, 2.45) is 23.7 Å². The molecule has 110 valence electrons. The molecule has 1 aliphatic heterocycles. The first kappa shape index (κ1) is 14.0. The third-order valence-corrected chi connectivity index (χ3v) is 6.04. The summed E-state index contributed by atoms with van der Waals surface area (Å²) < 4.78 is 0. The number of rotatable bonds is 1. The van der Waals surface area contributed by atoms with Crippen LogP contribution in [0.1, 0.15) is 48.0 Å². The summed E-state index contributed by atoms with van der Waals surface area (Å²) in [7, 11) is 0. The Balaban J connectivity index is 1.98. The van der Waals surface area contributed by atoms with Crippen LogP contribution in [-0.2, 0) is 0 Å². The zero-order valence-corrected chi connectivity index (χ0v) is 13.9. The Bertz CT molecular complexity index is 506. The standard InChI is InChI=1S/C19H29N/c1-12-7-8-18(15(4)13(2)9-12)20-11-14(3)16-10-17(16)19(20,5)6/h7-9,13-14,16-17H,10-11H2,1-6H3. The number of fused-ring (bicyclic) bond motifs is 1. The van der Waals surface area contributed by atoms with Crippen molar-refractivity contribution in [2.45, 2.75) is 53.5 Å². The number of hydrogen-bond acceptors (Lipinski definition) is 1. The van der Waals surface area contributed by atoms with Crippen molar-refractivity contribution in [1.29, 1.82) is 0 Å². The molecule has 4 atom stereocenters. The van der Waals surface area contributed by atoms with E-state index in [1.807, 2.05) is 0 Å². The summed E-state index contributed by atoms with van der Waals surface area (Å²) >= 11 is 0. The van der Waals surface area contributed by atoms with E-state index in [9.17, 15) is 0 Å². The Labute approximate surface area is 124 Å². The van der Waals surface area contributed by atoms with Gasteiger partial charge in [-0.2, -0.15) is 0 Å². The van der Waals surface area contributed by atoms with Gasteiger partial charge in [-0.15, -0.1) is 0 Å². The van der Waals surface area contributed by atoms with Gasteiger partial charge in [-0.3, -0.25) is 0 Å². The predicted molar refractivity (Wildman–Crippen MR) is 86.3 cm³/mol. The maximum atomic E-state index is 2.71. The molecule has 1 nitrogen and oxygen atoms in total. The van der Waals surface area contributed by atoms with E-state index >= 15 is 0 Å². The Morgan fingerprint density at radius 1 is 1.15 bits per heavy atom. The van der Waals surface area contributed by atoms with Crippen LogP contribution in [0.5, 0.6) is 0 Å². The first-order chi connectivity index (χ1) is 9.32. The van der Waals surface area contributed by atoms with E-state index in [0.717, 1.165) is 17.8 Å². The van der Waals surface area contributed by atoms with E-state index in [1.54, 1.807) is 0 Å². The lowest BCUT2D eigenvalue weighted by Crippen LogP contribution is -2.51. The summed E-state index contributed by atoms with van der Waals surface area (Å²) in [6.07, 6.45) is 8.48. The summed E-state index contributed by atoms with van der Waals surface area (Å²) in [6.45, 7) is 15.4. The molecule has 3 aliphatic rings. The molecule has 0 bridgehead atoms. The van der Waals surface area contributed by atoms with Gasteiger partial charge in [0.25, 0.3) is 0 Å². The molecule has 3 rings (SSSR count). The second-order valence-electron chi connectivity index (χ2n) is 7.85. The van der Waals surface area contributed by atoms with Gasteiger partial charge < -0.3 is 4.90 Å². The molecule has 0 amide bonds. The number of allylic oxidation sites excluding steroid dienone is 5. The highest BCUT2D eigenvalue weighted by molar-refractivity contribution is 5.38. The minimum Gasteiger partial charge on any atom is -0.366 e. The highest BCUT2D eigenvalue weighted by Crippen LogP contribution is 2.57. The Hall–Kier alpha value is -0.980. The Kier molecular flexibility index (Phi) is 3.15. The molecule has 0 aromatic rings. The van der Waals surface area contributed by atoms with Gasteiger partial charge in [-0.1, -0.05) is 31.6 Å². The van der Waals surface area contributed by atoms with Crippen molar-refractivity contribution in [3.63, 3.8) is 0 Å². The molecule has 1 saturated carbocycles. The van der Waals surface area contributed by atoms with Gasteiger partial charge in [0.05, 0.1) is 0 Å². The molecule has 0 aromatic heterocycles. The van der Waals surface area contributed by atoms with E-state index < -0.39 is 0 Å². The monoisotopic (exact) mass is 271 g/mol. The van der Waals surface area contributed by atoms with Crippen LogP contribution in [0.2, 0.25) is 0 Å². The average molecular weight is 271 g/mol. The van der Waals surface area contributed by atoms with Crippen LogP contribution in [0.15, 0.2) is 35.1 Å². The minimum absolute atomic E-state index is 0.316. The molecule has 1 saturated heterocycles. The highest BCUT2D eigenvalue weighted by Gasteiger charge is 2.56. The van der Waals surface area contributed by atoms with Crippen molar-refractivity contribution in [1.82, 2.24) is 4.90 Å². The SMILES string of the molecule is CC1=CC(C)C(C)=C(N2CC(C)C3CC3C2(C)C)C=C1. The fourth-order valence-electron chi connectivity index (χ4n) is 4.38. The lowest BCUT2D eigenvalue weighted by Gasteiger charge is -2.47. The lowest BCUT2D eigenvalue weighted by atomic mass is 9.84. The molecule has 1 heterocycles. The molecule has 20 heavy (non-hydrogen) atoms. The van der Waals surface area contributed by atoms with Gasteiger partial charge in [0.15, 0.2) is 0 Å². The number of piperidine rings is 1. The fraction of sp³-hybridized carbons (Fsp3) is 0.684. The van der Waals surface area contributed by atoms with Crippen molar-refractivity contribution in [3.8, 4) is 0 Å². The van der Waals surface area contributed by atoms with E-state index in [1.165, 1.54) is 29.8 Å². The van der Waals surface area contributed by atoms with Crippen molar-refractivity contribution >= 4 is 0 Å². The maximum Gasteiger partial charge on any atom is 0.0377 e. The molecule has 4 unspecified atom stereocenters. The molecule has 0 aromatic carbocycles. The second kappa shape index (κ2) is 4.51. The average Bonchev–Trinajstić information content (AvgIpc) is 3.16. The largest absolute Gasteiger partial charge is 0.366 e. The zero-order valence-electron chi connectivity index (χ0n) is 13.9. The molecule has 0 spiro atoms. The summed E-state index contributed by atoms with van der Waals surface area (Å²) in [5, 5.41) is 0. The lowest BCUT2D eigenvalue weighted by molar-refractivity contribution is 0.0755. The first-order valence-electron chi connectivity index (χ1n) is 8.17. The summed E-state index contributed by atoms with van der Waals surface area (Å²) in [5.41, 5.74) is 4.71. The van der Waals surface area contributed by atoms with Crippen LogP contribution in [0.25, 0.3) is 0 Å². The smallest absolute Gasteiger partial charge is 0.0377 e. The molecule has 2 fully saturated rings. The van der Waals surface area contributed by atoms with Crippen LogP contribution in [0, 0.1) is 23.7 Å². The van der Waals surface area contributed by atoms with Crippen molar-refractivity contribution in [3.05, 3.63) is 35.1 Å². The topological polar surface area (TPSA) is 3.24 Å². The number of nitrogens with zero attached hydrogens (tertiary/aromatic N) is 1. The maximum absolute atomic E-state index is 2.71. The molecule has 0 N–H and O–H groups in total. The summed E-state index contributed by atoms with van der Waals surface area (Å²) in [4.78, 5) is 2.71. The Morgan fingerprint density at radius 2 is 1.85 bits per heavy atom. The van der Waals surface area contributed by atoms with E-state index in [-0.39, 0.29) is 0 Å². The molecular weight excluding hydrogens is 242 g/mol. The van der Waals surface area contributed by atoms with Crippen molar-refractivity contribution in [2.75, 3.05) is 6.54 Å². The summed E-state index contributed by atoms with van der Waals surface area (Å²) in [5.74, 6) is 3.26. The predicted octanol–water partition coefficient (Wildman–Crippen LogP) is 4.78. The Morgan fingerprint density at radius 3 is 2.55 bits per heavy atom. The summed E-state index contributed by atoms with van der Waals surface area (Å²) in [6, 6.07) is 0. The van der Waals surface area contributed by atoms with Crippen LogP contribution >= 0.6 is 0 Å². The molecular formula is C19H29N. The van der Waals surface area contributed by atoms with Gasteiger partial charge in [0.2, 0.25) is 0 Å². The van der Waals surface area contributed by atoms with Crippen LogP contribution in [-0.4, -0.2) is 17.0 Å². The second-order valence-corrected chi connectivity index (χ2v) is 7.85. The quantitative estimate of drug-likeness (QED) is 0.663.